The van der Waals surface area contributed by atoms with Crippen LogP contribution in [0.4, 0.5) is 5.69 Å². The first-order valence-electron chi connectivity index (χ1n) is 9.02. The van der Waals surface area contributed by atoms with Crippen LogP contribution in [0.1, 0.15) is 36.6 Å². The Balaban J connectivity index is 1.71. The number of hydrogen-bond donors (Lipinski definition) is 4. The minimum atomic E-state index is -0.892. The van der Waals surface area contributed by atoms with Crippen LogP contribution >= 0.6 is 0 Å². The summed E-state index contributed by atoms with van der Waals surface area (Å²) in [5.74, 6) is 0.0807. The summed E-state index contributed by atoms with van der Waals surface area (Å²) in [5, 5.41) is 26.6. The van der Waals surface area contributed by atoms with E-state index in [9.17, 15) is 15.0 Å². The van der Waals surface area contributed by atoms with Crippen LogP contribution in [0.3, 0.4) is 0 Å². The number of fused-ring (bicyclic) bond motifs is 1. The van der Waals surface area contributed by atoms with E-state index in [0.717, 1.165) is 6.42 Å². The summed E-state index contributed by atoms with van der Waals surface area (Å²) in [7, 11) is 0. The number of amides is 1. The van der Waals surface area contributed by atoms with Gasteiger partial charge in [0.25, 0.3) is 5.91 Å². The molecule has 0 saturated carbocycles. The van der Waals surface area contributed by atoms with Crippen molar-refractivity contribution in [2.45, 2.75) is 38.8 Å². The first-order valence-corrected chi connectivity index (χ1v) is 9.02. The van der Waals surface area contributed by atoms with E-state index < -0.39 is 6.10 Å². The van der Waals surface area contributed by atoms with Gasteiger partial charge in [-0.3, -0.25) is 4.79 Å². The summed E-state index contributed by atoms with van der Waals surface area (Å²) >= 11 is 0. The number of benzene rings is 2. The molecule has 1 atom stereocenters. The number of nitrogens with one attached hydrogen (secondary N) is 2. The molecule has 1 heterocycles. The molecule has 0 spiro atoms. The number of rotatable bonds is 6. The molecule has 144 valence electrons. The van der Waals surface area contributed by atoms with Crippen LogP contribution in [0.15, 0.2) is 36.4 Å². The van der Waals surface area contributed by atoms with Gasteiger partial charge in [-0.1, -0.05) is 24.3 Å². The molecule has 0 saturated heterocycles. The molecule has 6 nitrogen and oxygen atoms in total. The van der Waals surface area contributed by atoms with Gasteiger partial charge in [0.1, 0.15) is 11.5 Å². The third-order valence-corrected chi connectivity index (χ3v) is 4.75. The Hall–Kier alpha value is -2.57. The molecule has 0 bridgehead atoms. The molecule has 4 N–H and O–H groups in total. The third kappa shape index (κ3) is 4.59. The maximum absolute atomic E-state index is 11.5. The van der Waals surface area contributed by atoms with Gasteiger partial charge in [0.05, 0.1) is 11.8 Å². The lowest BCUT2D eigenvalue weighted by atomic mass is 9.92. The molecule has 0 aliphatic carbocycles. The van der Waals surface area contributed by atoms with E-state index in [0.29, 0.717) is 17.0 Å². The lowest BCUT2D eigenvalue weighted by Crippen LogP contribution is -2.43. The molecule has 2 aromatic rings. The fourth-order valence-electron chi connectivity index (χ4n) is 3.29. The number of anilines is 1. The van der Waals surface area contributed by atoms with Crippen molar-refractivity contribution in [3.63, 3.8) is 0 Å². The van der Waals surface area contributed by atoms with Crippen LogP contribution in [0, 0.1) is 6.92 Å². The van der Waals surface area contributed by atoms with Crippen LogP contribution in [0.25, 0.3) is 0 Å². The zero-order valence-corrected chi connectivity index (χ0v) is 15.9. The second kappa shape index (κ2) is 7.58. The molecular formula is C21H26N2O4. The van der Waals surface area contributed by atoms with E-state index >= 15 is 0 Å². The van der Waals surface area contributed by atoms with E-state index in [-0.39, 0.29) is 30.3 Å². The Morgan fingerprint density at radius 3 is 2.78 bits per heavy atom. The van der Waals surface area contributed by atoms with E-state index in [2.05, 4.69) is 43.5 Å². The summed E-state index contributed by atoms with van der Waals surface area (Å²) < 4.78 is 5.48. The van der Waals surface area contributed by atoms with Crippen molar-refractivity contribution in [1.29, 1.82) is 0 Å². The van der Waals surface area contributed by atoms with Crippen molar-refractivity contribution in [3.05, 3.63) is 53.1 Å². The average molecular weight is 370 g/mol. The van der Waals surface area contributed by atoms with Crippen molar-refractivity contribution >= 4 is 11.6 Å². The topological polar surface area (TPSA) is 90.8 Å². The Bertz CT molecular complexity index is 848. The van der Waals surface area contributed by atoms with Gasteiger partial charge in [0, 0.05) is 23.7 Å². The quantitative estimate of drug-likeness (QED) is 0.628. The molecule has 6 heteroatoms. The zero-order chi connectivity index (χ0) is 19.6. The van der Waals surface area contributed by atoms with Gasteiger partial charge in [0.15, 0.2) is 6.61 Å². The molecule has 1 aliphatic rings. The van der Waals surface area contributed by atoms with Gasteiger partial charge in [-0.05, 0) is 44.4 Å². The van der Waals surface area contributed by atoms with Crippen molar-refractivity contribution in [2.24, 2.45) is 0 Å². The number of ether oxygens (including phenoxy) is 1. The molecule has 2 aromatic carbocycles. The minimum Gasteiger partial charge on any atom is -0.508 e. The number of phenols is 1. The van der Waals surface area contributed by atoms with Crippen molar-refractivity contribution in [3.8, 4) is 11.5 Å². The average Bonchev–Trinajstić information content (AvgIpc) is 2.60. The Morgan fingerprint density at radius 2 is 2.04 bits per heavy atom. The van der Waals surface area contributed by atoms with Gasteiger partial charge in [-0.2, -0.15) is 0 Å². The number of aryl methyl sites for hydroxylation is 1. The minimum absolute atomic E-state index is 0.0345. The second-order valence-corrected chi connectivity index (χ2v) is 7.63. The highest BCUT2D eigenvalue weighted by Gasteiger charge is 2.26. The number of aliphatic hydroxyl groups is 1. The summed E-state index contributed by atoms with van der Waals surface area (Å²) in [6.45, 7) is 6.43. The van der Waals surface area contributed by atoms with E-state index in [1.807, 2.05) is 12.1 Å². The van der Waals surface area contributed by atoms with Crippen LogP contribution in [0.5, 0.6) is 11.5 Å². The second-order valence-electron chi connectivity index (χ2n) is 7.63. The number of aromatic hydroxyl groups is 1. The third-order valence-electron chi connectivity index (χ3n) is 4.75. The molecule has 1 amide bonds. The van der Waals surface area contributed by atoms with Gasteiger partial charge < -0.3 is 25.6 Å². The van der Waals surface area contributed by atoms with Gasteiger partial charge >= 0.3 is 0 Å². The summed E-state index contributed by atoms with van der Waals surface area (Å²) in [6, 6.07) is 11.1. The van der Waals surface area contributed by atoms with Crippen LogP contribution in [-0.4, -0.2) is 34.8 Å². The molecule has 27 heavy (non-hydrogen) atoms. The SMILES string of the molecule is Cc1ccccc1CC(C)(C)NCC(O)c1cc(O)cc2c1OCC(=O)N2. The fraction of sp³-hybridized carbons (Fsp3) is 0.381. The Kier molecular flexibility index (Phi) is 5.39. The van der Waals surface area contributed by atoms with E-state index in [1.165, 1.54) is 23.3 Å². The molecule has 0 radical (unpaired) electrons. The molecule has 3 rings (SSSR count). The molecule has 0 fully saturated rings. The van der Waals surface area contributed by atoms with Gasteiger partial charge in [0.2, 0.25) is 0 Å². The molecule has 1 unspecified atom stereocenters. The first kappa shape index (κ1) is 19.2. The highest BCUT2D eigenvalue weighted by molar-refractivity contribution is 5.96. The van der Waals surface area contributed by atoms with Crippen molar-refractivity contribution in [2.75, 3.05) is 18.5 Å². The standard InChI is InChI=1S/C21H26N2O4/c1-13-6-4-5-7-14(13)10-21(2,3)22-11-18(25)16-8-15(24)9-17-20(16)27-12-19(26)23-17/h4-9,18,22,24-25H,10-12H2,1-3H3,(H,23,26). The highest BCUT2D eigenvalue weighted by atomic mass is 16.5. The maximum Gasteiger partial charge on any atom is 0.262 e. The Morgan fingerprint density at radius 1 is 1.30 bits per heavy atom. The highest BCUT2D eigenvalue weighted by Crippen LogP contribution is 2.38. The smallest absolute Gasteiger partial charge is 0.262 e. The van der Waals surface area contributed by atoms with E-state index in [1.54, 1.807) is 0 Å². The van der Waals surface area contributed by atoms with Crippen molar-refractivity contribution < 1.29 is 19.7 Å². The number of carbonyl (C=O) groups is 1. The van der Waals surface area contributed by atoms with Gasteiger partial charge in [-0.15, -0.1) is 0 Å². The zero-order valence-electron chi connectivity index (χ0n) is 15.9. The monoisotopic (exact) mass is 370 g/mol. The molecular weight excluding hydrogens is 344 g/mol. The van der Waals surface area contributed by atoms with Crippen LogP contribution in [-0.2, 0) is 11.2 Å². The van der Waals surface area contributed by atoms with Crippen LogP contribution in [0.2, 0.25) is 0 Å². The number of aliphatic hydroxyl groups excluding tert-OH is 1. The first-order chi connectivity index (χ1) is 12.7. The lowest BCUT2D eigenvalue weighted by Gasteiger charge is -2.30. The summed E-state index contributed by atoms with van der Waals surface area (Å²) in [5.41, 5.74) is 3.08. The van der Waals surface area contributed by atoms with Crippen molar-refractivity contribution in [1.82, 2.24) is 5.32 Å². The number of hydrogen-bond acceptors (Lipinski definition) is 5. The largest absolute Gasteiger partial charge is 0.508 e. The number of phenolic OH excluding ortho intramolecular Hbond substituents is 1. The lowest BCUT2D eigenvalue weighted by molar-refractivity contribution is -0.118. The molecule has 0 aromatic heterocycles. The van der Waals surface area contributed by atoms with Gasteiger partial charge in [-0.25, -0.2) is 0 Å². The normalized spacial score (nSPS) is 14.9. The fourth-order valence-corrected chi connectivity index (χ4v) is 3.29. The predicted octanol–water partition coefficient (Wildman–Crippen LogP) is 2.68. The maximum atomic E-state index is 11.5. The number of β-amino-alcohol motifs (C(OH)–C–C–N with tert-alkyl or cyclic N) is 1. The summed E-state index contributed by atoms with van der Waals surface area (Å²) in [6.07, 6.45) is -0.0751. The number of carbonyl (C=O) groups excluding carboxylic acids is 1. The van der Waals surface area contributed by atoms with E-state index in [4.69, 9.17) is 4.74 Å². The summed E-state index contributed by atoms with van der Waals surface area (Å²) in [4.78, 5) is 11.5. The molecule has 1 aliphatic heterocycles. The Labute approximate surface area is 159 Å². The predicted molar refractivity (Wildman–Crippen MR) is 104 cm³/mol. The van der Waals surface area contributed by atoms with Crippen LogP contribution < -0.4 is 15.4 Å².